The number of hydrogen-bond acceptors (Lipinski definition) is 3. The van der Waals surface area contributed by atoms with Crippen LogP contribution in [0.25, 0.3) is 0 Å². The molecule has 0 aliphatic rings. The van der Waals surface area contributed by atoms with Crippen LogP contribution >= 0.6 is 11.3 Å². The van der Waals surface area contributed by atoms with E-state index in [1.165, 1.54) is 9.75 Å². The van der Waals surface area contributed by atoms with Gasteiger partial charge in [0.2, 0.25) is 5.91 Å². The molecule has 1 unspecified atom stereocenters. The van der Waals surface area contributed by atoms with Gasteiger partial charge in [-0.15, -0.1) is 11.3 Å². The minimum Gasteiger partial charge on any atom is -0.355 e. The lowest BCUT2D eigenvalue weighted by molar-refractivity contribution is -0.120. The van der Waals surface area contributed by atoms with Crippen LogP contribution in [0.3, 0.4) is 0 Å². The smallest absolute Gasteiger partial charge is 0.233 e. The van der Waals surface area contributed by atoms with Gasteiger partial charge in [-0.05, 0) is 32.4 Å². The molecule has 0 saturated heterocycles. The molecule has 1 amide bonds. The van der Waals surface area contributed by atoms with Crippen LogP contribution in [0.2, 0.25) is 0 Å². The Kier molecular flexibility index (Phi) is 5.49. The third-order valence-corrected chi connectivity index (χ3v) is 3.51. The van der Waals surface area contributed by atoms with Crippen molar-refractivity contribution >= 4 is 17.2 Å². The van der Waals surface area contributed by atoms with Gasteiger partial charge in [-0.3, -0.25) is 4.79 Å². The van der Waals surface area contributed by atoms with Gasteiger partial charge in [0.1, 0.15) is 0 Å². The lowest BCUT2D eigenvalue weighted by atomic mass is 10.2. The molecule has 0 aliphatic heterocycles. The second-order valence-electron chi connectivity index (χ2n) is 3.90. The molecule has 16 heavy (non-hydrogen) atoms. The zero-order chi connectivity index (χ0) is 12.0. The maximum atomic E-state index is 11.4. The number of amides is 1. The number of carbonyl (C=O) groups is 1. The second kappa shape index (κ2) is 6.66. The van der Waals surface area contributed by atoms with E-state index in [-0.39, 0.29) is 11.9 Å². The van der Waals surface area contributed by atoms with E-state index in [0.29, 0.717) is 6.54 Å². The predicted octanol–water partition coefficient (Wildman–Crippen LogP) is 2.23. The minimum absolute atomic E-state index is 0.0713. The molecule has 90 valence electrons. The van der Waals surface area contributed by atoms with Gasteiger partial charge in [0.15, 0.2) is 0 Å². The van der Waals surface area contributed by atoms with Crippen LogP contribution in [0, 0.1) is 6.92 Å². The van der Waals surface area contributed by atoms with E-state index in [1.807, 2.05) is 6.92 Å². The van der Waals surface area contributed by atoms with Crippen molar-refractivity contribution in [3.63, 3.8) is 0 Å². The van der Waals surface area contributed by atoms with Gasteiger partial charge in [0.05, 0.1) is 6.54 Å². The predicted molar refractivity (Wildman–Crippen MR) is 68.8 cm³/mol. The second-order valence-corrected chi connectivity index (χ2v) is 5.22. The van der Waals surface area contributed by atoms with Crippen LogP contribution in [0.4, 0.5) is 0 Å². The molecule has 1 rings (SSSR count). The molecule has 0 aromatic carbocycles. The van der Waals surface area contributed by atoms with Crippen molar-refractivity contribution in [2.75, 3.05) is 13.1 Å². The Hall–Kier alpha value is -0.870. The van der Waals surface area contributed by atoms with Gasteiger partial charge in [0.25, 0.3) is 0 Å². The average Bonchev–Trinajstić information content (AvgIpc) is 2.69. The number of aryl methyl sites for hydroxylation is 1. The number of hydrogen-bond donors (Lipinski definition) is 2. The van der Waals surface area contributed by atoms with Crippen LogP contribution in [0.5, 0.6) is 0 Å². The van der Waals surface area contributed by atoms with E-state index >= 15 is 0 Å². The first kappa shape index (κ1) is 13.2. The van der Waals surface area contributed by atoms with Crippen molar-refractivity contribution in [1.29, 1.82) is 0 Å². The Balaban J connectivity index is 2.29. The van der Waals surface area contributed by atoms with Gasteiger partial charge in [-0.1, -0.05) is 6.92 Å². The molecule has 1 heterocycles. The van der Waals surface area contributed by atoms with Crippen molar-refractivity contribution in [1.82, 2.24) is 10.6 Å². The van der Waals surface area contributed by atoms with Gasteiger partial charge >= 0.3 is 0 Å². The molecule has 0 spiro atoms. The van der Waals surface area contributed by atoms with Gasteiger partial charge < -0.3 is 10.6 Å². The standard InChI is InChI=1S/C12H20N2OS/c1-4-7-13-12(15)8-14-10(3)11-6-5-9(2)16-11/h5-6,10,14H,4,7-8H2,1-3H3,(H,13,15). The largest absolute Gasteiger partial charge is 0.355 e. The summed E-state index contributed by atoms with van der Waals surface area (Å²) in [4.78, 5) is 14.0. The van der Waals surface area contributed by atoms with Crippen molar-refractivity contribution in [3.8, 4) is 0 Å². The number of nitrogens with one attached hydrogen (secondary N) is 2. The van der Waals surface area contributed by atoms with Crippen molar-refractivity contribution in [3.05, 3.63) is 21.9 Å². The minimum atomic E-state index is 0.0713. The Labute approximate surface area is 101 Å². The number of thiophene rings is 1. The average molecular weight is 240 g/mol. The van der Waals surface area contributed by atoms with E-state index < -0.39 is 0 Å². The van der Waals surface area contributed by atoms with Crippen LogP contribution in [0.15, 0.2) is 12.1 Å². The molecule has 1 aromatic rings. The van der Waals surface area contributed by atoms with Crippen LogP contribution in [0.1, 0.15) is 36.1 Å². The van der Waals surface area contributed by atoms with Crippen molar-refractivity contribution < 1.29 is 4.79 Å². The van der Waals surface area contributed by atoms with E-state index in [9.17, 15) is 4.79 Å². The quantitative estimate of drug-likeness (QED) is 0.800. The molecule has 1 aromatic heterocycles. The summed E-state index contributed by atoms with van der Waals surface area (Å²) in [5.41, 5.74) is 0. The van der Waals surface area contributed by atoms with Gasteiger partial charge in [-0.25, -0.2) is 0 Å². The summed E-state index contributed by atoms with van der Waals surface area (Å²) >= 11 is 1.77. The Bertz CT molecular complexity index is 336. The lowest BCUT2D eigenvalue weighted by Gasteiger charge is -2.11. The zero-order valence-electron chi connectivity index (χ0n) is 10.2. The molecular weight excluding hydrogens is 220 g/mol. The maximum Gasteiger partial charge on any atom is 0.233 e. The van der Waals surface area contributed by atoms with Crippen molar-refractivity contribution in [2.24, 2.45) is 0 Å². The van der Waals surface area contributed by atoms with E-state index in [2.05, 4.69) is 36.6 Å². The topological polar surface area (TPSA) is 41.1 Å². The van der Waals surface area contributed by atoms with Crippen LogP contribution in [-0.4, -0.2) is 19.0 Å². The monoisotopic (exact) mass is 240 g/mol. The highest BCUT2D eigenvalue weighted by atomic mass is 32.1. The van der Waals surface area contributed by atoms with Crippen molar-refractivity contribution in [2.45, 2.75) is 33.2 Å². The first-order valence-electron chi connectivity index (χ1n) is 5.70. The van der Waals surface area contributed by atoms with E-state index in [0.717, 1.165) is 13.0 Å². The molecule has 0 saturated carbocycles. The highest BCUT2D eigenvalue weighted by Gasteiger charge is 2.08. The highest BCUT2D eigenvalue weighted by molar-refractivity contribution is 7.12. The molecule has 2 N–H and O–H groups in total. The first-order chi connectivity index (χ1) is 7.63. The Morgan fingerprint density at radius 2 is 2.25 bits per heavy atom. The van der Waals surface area contributed by atoms with Gasteiger partial charge in [-0.2, -0.15) is 0 Å². The van der Waals surface area contributed by atoms with Gasteiger partial charge in [0, 0.05) is 22.3 Å². The maximum absolute atomic E-state index is 11.4. The molecule has 0 bridgehead atoms. The molecular formula is C12H20N2OS. The highest BCUT2D eigenvalue weighted by Crippen LogP contribution is 2.21. The summed E-state index contributed by atoms with van der Waals surface area (Å²) in [5.74, 6) is 0.0713. The third-order valence-electron chi connectivity index (χ3n) is 2.33. The summed E-state index contributed by atoms with van der Waals surface area (Å²) in [6.07, 6.45) is 0.978. The molecule has 0 aliphatic carbocycles. The fraction of sp³-hybridized carbons (Fsp3) is 0.583. The Morgan fingerprint density at radius 1 is 1.50 bits per heavy atom. The Morgan fingerprint density at radius 3 is 2.81 bits per heavy atom. The summed E-state index contributed by atoms with van der Waals surface area (Å²) in [7, 11) is 0. The molecule has 0 fully saturated rings. The molecule has 4 heteroatoms. The third kappa shape index (κ3) is 4.33. The summed E-state index contributed by atoms with van der Waals surface area (Å²) in [5, 5.41) is 6.07. The lowest BCUT2D eigenvalue weighted by Crippen LogP contribution is -2.35. The SMILES string of the molecule is CCCNC(=O)CNC(C)c1ccc(C)s1. The fourth-order valence-corrected chi connectivity index (χ4v) is 2.26. The molecule has 1 atom stereocenters. The summed E-state index contributed by atoms with van der Waals surface area (Å²) < 4.78 is 0. The fourth-order valence-electron chi connectivity index (χ4n) is 1.36. The van der Waals surface area contributed by atoms with Crippen LogP contribution < -0.4 is 10.6 Å². The zero-order valence-corrected chi connectivity index (χ0v) is 11.0. The molecule has 0 radical (unpaired) electrons. The summed E-state index contributed by atoms with van der Waals surface area (Å²) in [6.45, 7) is 7.36. The van der Waals surface area contributed by atoms with E-state index in [4.69, 9.17) is 0 Å². The van der Waals surface area contributed by atoms with Crippen LogP contribution in [-0.2, 0) is 4.79 Å². The number of carbonyl (C=O) groups excluding carboxylic acids is 1. The van der Waals surface area contributed by atoms with E-state index in [1.54, 1.807) is 11.3 Å². The summed E-state index contributed by atoms with van der Waals surface area (Å²) in [6, 6.07) is 4.46. The number of rotatable bonds is 6. The first-order valence-corrected chi connectivity index (χ1v) is 6.51. The normalized spacial score (nSPS) is 12.4. The molecule has 3 nitrogen and oxygen atoms in total.